The van der Waals surface area contributed by atoms with E-state index in [-0.39, 0.29) is 17.3 Å². The predicted molar refractivity (Wildman–Crippen MR) is 72.7 cm³/mol. The molecule has 2 rings (SSSR count). The highest BCUT2D eigenvalue weighted by molar-refractivity contribution is 7.17. The highest BCUT2D eigenvalue weighted by Crippen LogP contribution is 2.22. The molecule has 0 saturated carbocycles. The quantitative estimate of drug-likeness (QED) is 0.876. The fraction of sp³-hybridized carbons (Fsp3) is 0.583. The van der Waals surface area contributed by atoms with Gasteiger partial charge in [-0.1, -0.05) is 11.3 Å². The highest BCUT2D eigenvalue weighted by atomic mass is 32.1. The number of amides is 1. The van der Waals surface area contributed by atoms with Gasteiger partial charge in [0.15, 0.2) is 5.13 Å². The first kappa shape index (κ1) is 13.8. The molecule has 2 heterocycles. The van der Waals surface area contributed by atoms with Gasteiger partial charge in [0, 0.05) is 13.1 Å². The Hall–Kier alpha value is -1.63. The van der Waals surface area contributed by atoms with Crippen molar-refractivity contribution < 1.29 is 14.7 Å². The van der Waals surface area contributed by atoms with Crippen LogP contribution in [0.15, 0.2) is 0 Å². The van der Waals surface area contributed by atoms with Crippen LogP contribution in [0.1, 0.15) is 34.6 Å². The molecular weight excluding hydrogens is 266 g/mol. The van der Waals surface area contributed by atoms with Crippen LogP contribution in [0.3, 0.4) is 0 Å². The second kappa shape index (κ2) is 6.01. The Bertz CT molecular complexity index is 481. The predicted octanol–water partition coefficient (Wildman–Crippen LogP) is 1.57. The van der Waals surface area contributed by atoms with Crippen molar-refractivity contribution in [3.8, 4) is 0 Å². The van der Waals surface area contributed by atoms with Crippen LogP contribution >= 0.6 is 11.3 Å². The van der Waals surface area contributed by atoms with Crippen molar-refractivity contribution in [2.75, 3.05) is 25.0 Å². The van der Waals surface area contributed by atoms with E-state index in [1.165, 1.54) is 6.42 Å². The van der Waals surface area contributed by atoms with E-state index < -0.39 is 5.97 Å². The summed E-state index contributed by atoms with van der Waals surface area (Å²) in [6, 6.07) is 0. The van der Waals surface area contributed by atoms with E-state index in [2.05, 4.69) is 10.3 Å². The summed E-state index contributed by atoms with van der Waals surface area (Å²) in [6.45, 7) is 3.46. The van der Waals surface area contributed by atoms with Crippen molar-refractivity contribution in [1.29, 1.82) is 0 Å². The minimum atomic E-state index is -0.981. The zero-order chi connectivity index (χ0) is 13.8. The molecule has 0 radical (unpaired) electrons. The van der Waals surface area contributed by atoms with Gasteiger partial charge in [-0.05, 0) is 26.2 Å². The molecule has 0 spiro atoms. The fourth-order valence-electron chi connectivity index (χ4n) is 2.08. The fourth-order valence-corrected chi connectivity index (χ4v) is 2.88. The van der Waals surface area contributed by atoms with Gasteiger partial charge < -0.3 is 15.3 Å². The molecule has 19 heavy (non-hydrogen) atoms. The average Bonchev–Trinajstić information content (AvgIpc) is 2.78. The number of hydrogen-bond donors (Lipinski definition) is 2. The van der Waals surface area contributed by atoms with Crippen molar-refractivity contribution in [1.82, 2.24) is 9.88 Å². The number of hydrogen-bond acceptors (Lipinski definition) is 5. The zero-order valence-corrected chi connectivity index (χ0v) is 11.6. The van der Waals surface area contributed by atoms with Gasteiger partial charge in [0.2, 0.25) is 5.91 Å². The van der Waals surface area contributed by atoms with Gasteiger partial charge in [-0.15, -0.1) is 0 Å². The number of anilines is 1. The number of piperidine rings is 1. The van der Waals surface area contributed by atoms with E-state index in [1.807, 2.05) is 4.90 Å². The number of aryl methyl sites for hydroxylation is 1. The van der Waals surface area contributed by atoms with E-state index in [0.717, 1.165) is 37.3 Å². The van der Waals surface area contributed by atoms with Gasteiger partial charge in [-0.25, -0.2) is 9.78 Å². The summed E-state index contributed by atoms with van der Waals surface area (Å²) in [7, 11) is 0. The number of carboxylic acids is 1. The van der Waals surface area contributed by atoms with Crippen molar-refractivity contribution in [2.24, 2.45) is 0 Å². The first-order valence-corrected chi connectivity index (χ1v) is 7.12. The Labute approximate surface area is 115 Å². The summed E-state index contributed by atoms with van der Waals surface area (Å²) in [5.74, 6) is -0.935. The number of rotatable bonds is 4. The van der Waals surface area contributed by atoms with Crippen LogP contribution in [-0.2, 0) is 4.79 Å². The van der Waals surface area contributed by atoms with Crippen molar-refractivity contribution in [3.63, 3.8) is 0 Å². The van der Waals surface area contributed by atoms with E-state index in [9.17, 15) is 9.59 Å². The largest absolute Gasteiger partial charge is 0.477 e. The summed E-state index contributed by atoms with van der Waals surface area (Å²) in [5, 5.41) is 12.3. The molecule has 0 aromatic carbocycles. The standard InChI is InChI=1S/C12H17N3O3S/c1-8-10(11(17)18)19-12(14-8)13-7-9(16)15-5-3-2-4-6-15/h2-7H2,1H3,(H,13,14)(H,17,18). The maximum atomic E-state index is 11.9. The van der Waals surface area contributed by atoms with Crippen LogP contribution in [-0.4, -0.2) is 46.5 Å². The smallest absolute Gasteiger partial charge is 0.347 e. The van der Waals surface area contributed by atoms with E-state index >= 15 is 0 Å². The Morgan fingerprint density at radius 1 is 1.37 bits per heavy atom. The number of thiazole rings is 1. The molecule has 1 aromatic rings. The number of carbonyl (C=O) groups is 2. The third-order valence-corrected chi connectivity index (χ3v) is 4.19. The molecule has 0 aliphatic carbocycles. The molecule has 104 valence electrons. The first-order chi connectivity index (χ1) is 9.08. The number of nitrogens with one attached hydrogen (secondary N) is 1. The number of likely N-dealkylation sites (tertiary alicyclic amines) is 1. The summed E-state index contributed by atoms with van der Waals surface area (Å²) < 4.78 is 0. The summed E-state index contributed by atoms with van der Waals surface area (Å²) >= 11 is 1.06. The lowest BCUT2D eigenvalue weighted by Gasteiger charge is -2.26. The molecular formula is C12H17N3O3S. The number of aromatic nitrogens is 1. The van der Waals surface area contributed by atoms with Crippen molar-refractivity contribution >= 4 is 28.3 Å². The number of aromatic carboxylic acids is 1. The molecule has 1 aromatic heterocycles. The maximum Gasteiger partial charge on any atom is 0.347 e. The maximum absolute atomic E-state index is 11.9. The highest BCUT2D eigenvalue weighted by Gasteiger charge is 2.18. The average molecular weight is 283 g/mol. The van der Waals surface area contributed by atoms with Crippen LogP contribution in [0.4, 0.5) is 5.13 Å². The third kappa shape index (κ3) is 3.44. The molecule has 7 heteroatoms. The van der Waals surface area contributed by atoms with Crippen LogP contribution in [0.2, 0.25) is 0 Å². The van der Waals surface area contributed by atoms with E-state index in [4.69, 9.17) is 5.11 Å². The van der Waals surface area contributed by atoms with Gasteiger partial charge in [0.05, 0.1) is 12.2 Å². The molecule has 6 nitrogen and oxygen atoms in total. The topological polar surface area (TPSA) is 82.5 Å². The summed E-state index contributed by atoms with van der Waals surface area (Å²) in [5.41, 5.74) is 0.477. The van der Waals surface area contributed by atoms with Crippen molar-refractivity contribution in [2.45, 2.75) is 26.2 Å². The number of nitrogens with zero attached hydrogens (tertiary/aromatic N) is 2. The molecule has 0 unspecified atom stereocenters. The minimum absolute atomic E-state index is 0.0458. The van der Waals surface area contributed by atoms with Crippen LogP contribution in [0, 0.1) is 6.92 Å². The molecule has 1 aliphatic heterocycles. The molecule has 1 aliphatic rings. The first-order valence-electron chi connectivity index (χ1n) is 6.30. The molecule has 1 amide bonds. The monoisotopic (exact) mass is 283 g/mol. The van der Waals surface area contributed by atoms with Gasteiger partial charge in [-0.3, -0.25) is 4.79 Å². The van der Waals surface area contributed by atoms with Gasteiger partial charge >= 0.3 is 5.97 Å². The molecule has 2 N–H and O–H groups in total. The van der Waals surface area contributed by atoms with Crippen LogP contribution in [0.5, 0.6) is 0 Å². The van der Waals surface area contributed by atoms with Gasteiger partial charge in [0.1, 0.15) is 4.88 Å². The second-order valence-corrected chi connectivity index (χ2v) is 5.53. The van der Waals surface area contributed by atoms with Crippen molar-refractivity contribution in [3.05, 3.63) is 10.6 Å². The Kier molecular flexibility index (Phi) is 4.36. The van der Waals surface area contributed by atoms with Gasteiger partial charge in [0.25, 0.3) is 0 Å². The third-order valence-electron chi connectivity index (χ3n) is 3.09. The SMILES string of the molecule is Cc1nc(NCC(=O)N2CCCCC2)sc1C(=O)O. The van der Waals surface area contributed by atoms with Crippen LogP contribution in [0.25, 0.3) is 0 Å². The molecule has 1 fully saturated rings. The lowest BCUT2D eigenvalue weighted by molar-refractivity contribution is -0.130. The van der Waals surface area contributed by atoms with Crippen LogP contribution < -0.4 is 5.32 Å². The normalized spacial score (nSPS) is 15.3. The Balaban J connectivity index is 1.89. The lowest BCUT2D eigenvalue weighted by atomic mass is 10.1. The summed E-state index contributed by atoms with van der Waals surface area (Å²) in [6.07, 6.45) is 3.31. The van der Waals surface area contributed by atoms with E-state index in [1.54, 1.807) is 6.92 Å². The lowest BCUT2D eigenvalue weighted by Crippen LogP contribution is -2.39. The zero-order valence-electron chi connectivity index (χ0n) is 10.8. The summed E-state index contributed by atoms with van der Waals surface area (Å²) in [4.78, 5) is 29.0. The number of carbonyl (C=O) groups excluding carboxylic acids is 1. The van der Waals surface area contributed by atoms with E-state index in [0.29, 0.717) is 10.8 Å². The molecule has 0 bridgehead atoms. The molecule has 0 atom stereocenters. The number of carboxylic acid groups (broad SMARTS) is 1. The molecule has 1 saturated heterocycles. The Morgan fingerprint density at radius 3 is 2.63 bits per heavy atom. The Morgan fingerprint density at radius 2 is 2.05 bits per heavy atom. The second-order valence-electron chi connectivity index (χ2n) is 4.53. The minimum Gasteiger partial charge on any atom is -0.477 e. The van der Waals surface area contributed by atoms with Gasteiger partial charge in [-0.2, -0.15) is 0 Å².